The molecule has 4 aliphatic carbocycles. The van der Waals surface area contributed by atoms with E-state index in [4.69, 9.17) is 4.74 Å². The molecule has 0 radical (unpaired) electrons. The zero-order valence-corrected chi connectivity index (χ0v) is 21.1. The number of aliphatic hydroxyl groups is 1. The van der Waals surface area contributed by atoms with Crippen LogP contribution in [0.5, 0.6) is 5.75 Å². The summed E-state index contributed by atoms with van der Waals surface area (Å²) in [6.45, 7) is 2.57. The minimum absolute atomic E-state index is 0.317. The van der Waals surface area contributed by atoms with Gasteiger partial charge in [0.25, 0.3) is 0 Å². The van der Waals surface area contributed by atoms with Gasteiger partial charge in [-0.05, 0) is 116 Å². The Labute approximate surface area is 214 Å². The molecule has 4 heteroatoms. The number of hydrogen-bond acceptors (Lipinski definition) is 4. The largest absolute Gasteiger partial charge is 0.508 e. The van der Waals surface area contributed by atoms with Gasteiger partial charge in [0.05, 0.1) is 6.61 Å². The van der Waals surface area contributed by atoms with Crippen molar-refractivity contribution in [2.75, 3.05) is 6.61 Å². The minimum atomic E-state index is -1.15. The SMILES string of the molecule is C[C@]12CCC3c4ccc(O)cc4CCC3C1CC[C@@]2(O)C#CC(=O)OCC1CCc2ccccc2C1. The summed E-state index contributed by atoms with van der Waals surface area (Å²) in [5.41, 5.74) is 3.94. The molecule has 0 saturated heterocycles. The number of aryl methyl sites for hydroxylation is 2. The summed E-state index contributed by atoms with van der Waals surface area (Å²) in [4.78, 5) is 12.6. The molecule has 36 heavy (non-hydrogen) atoms. The Hall–Kier alpha value is -2.77. The van der Waals surface area contributed by atoms with Crippen molar-refractivity contribution in [3.05, 3.63) is 64.7 Å². The highest BCUT2D eigenvalue weighted by atomic mass is 16.5. The summed E-state index contributed by atoms with van der Waals surface area (Å²) in [6.07, 6.45) is 8.48. The van der Waals surface area contributed by atoms with E-state index in [1.54, 1.807) is 0 Å². The van der Waals surface area contributed by atoms with Crippen molar-refractivity contribution in [1.29, 1.82) is 0 Å². The van der Waals surface area contributed by atoms with Gasteiger partial charge in [0.1, 0.15) is 11.4 Å². The van der Waals surface area contributed by atoms with Crippen molar-refractivity contribution < 1.29 is 19.7 Å². The van der Waals surface area contributed by atoms with E-state index in [1.165, 1.54) is 22.3 Å². The zero-order chi connectivity index (χ0) is 24.9. The van der Waals surface area contributed by atoms with Crippen LogP contribution in [0.1, 0.15) is 73.6 Å². The number of phenols is 1. The number of rotatable bonds is 2. The number of benzene rings is 2. The molecule has 2 fully saturated rings. The monoisotopic (exact) mass is 484 g/mol. The minimum Gasteiger partial charge on any atom is -0.508 e. The Balaban J connectivity index is 1.12. The van der Waals surface area contributed by atoms with Gasteiger partial charge >= 0.3 is 5.97 Å². The third-order valence-corrected chi connectivity index (χ3v) is 10.1. The summed E-state index contributed by atoms with van der Waals surface area (Å²) in [5.74, 6) is 7.24. The summed E-state index contributed by atoms with van der Waals surface area (Å²) in [6, 6.07) is 14.3. The van der Waals surface area contributed by atoms with Crippen LogP contribution in [0.4, 0.5) is 0 Å². The van der Waals surface area contributed by atoms with E-state index in [0.29, 0.717) is 42.4 Å². The third-order valence-electron chi connectivity index (χ3n) is 10.1. The van der Waals surface area contributed by atoms with Gasteiger partial charge in [0.15, 0.2) is 0 Å². The Kier molecular flexibility index (Phi) is 5.88. The van der Waals surface area contributed by atoms with Crippen LogP contribution in [-0.2, 0) is 28.8 Å². The molecule has 2 saturated carbocycles. The second kappa shape index (κ2) is 8.96. The molecule has 4 nitrogen and oxygen atoms in total. The lowest BCUT2D eigenvalue weighted by Crippen LogP contribution is -2.50. The first kappa shape index (κ1) is 23.6. The molecule has 0 amide bonds. The molecule has 6 atom stereocenters. The molecule has 0 spiro atoms. The standard InChI is InChI=1S/C32H36O4/c1-31-15-12-27-26-11-9-25(33)19-24(26)8-10-28(27)29(31)13-16-32(31,35)17-14-30(34)36-20-21-6-7-22-4-2-3-5-23(22)18-21/h2-5,9,11,19,21,27-29,33,35H,6-8,10,12-13,15-16,18,20H2,1H3/t21?,27?,28?,29?,31-,32+/m0/s1. The number of phenolic OH excluding ortho intramolecular Hbond substituents is 1. The second-order valence-corrected chi connectivity index (χ2v) is 11.9. The van der Waals surface area contributed by atoms with Crippen LogP contribution in [0.25, 0.3) is 0 Å². The topological polar surface area (TPSA) is 66.8 Å². The molecule has 4 aliphatic rings. The maximum Gasteiger partial charge on any atom is 0.384 e. The van der Waals surface area contributed by atoms with Crippen molar-refractivity contribution >= 4 is 5.97 Å². The second-order valence-electron chi connectivity index (χ2n) is 11.9. The molecule has 6 rings (SSSR count). The van der Waals surface area contributed by atoms with E-state index in [1.807, 2.05) is 12.1 Å². The molecule has 0 aliphatic heterocycles. The van der Waals surface area contributed by atoms with E-state index in [-0.39, 0.29) is 5.41 Å². The Bertz CT molecular complexity index is 1240. The molecule has 0 aromatic heterocycles. The highest BCUT2D eigenvalue weighted by Crippen LogP contribution is 2.64. The maximum absolute atomic E-state index is 12.6. The lowest BCUT2D eigenvalue weighted by Gasteiger charge is -2.52. The lowest BCUT2D eigenvalue weighted by atomic mass is 9.53. The predicted molar refractivity (Wildman–Crippen MR) is 138 cm³/mol. The zero-order valence-electron chi connectivity index (χ0n) is 21.1. The van der Waals surface area contributed by atoms with Crippen LogP contribution >= 0.6 is 0 Å². The van der Waals surface area contributed by atoms with Crippen LogP contribution in [-0.4, -0.2) is 28.4 Å². The molecule has 0 bridgehead atoms. The molecule has 2 N–H and O–H groups in total. The first-order chi connectivity index (χ1) is 17.4. The van der Waals surface area contributed by atoms with Crippen molar-refractivity contribution in [2.45, 2.75) is 76.2 Å². The molecule has 4 unspecified atom stereocenters. The lowest BCUT2D eigenvalue weighted by molar-refractivity contribution is -0.138. The Morgan fingerprint density at radius 3 is 2.69 bits per heavy atom. The van der Waals surface area contributed by atoms with Gasteiger partial charge in [0.2, 0.25) is 0 Å². The quantitative estimate of drug-likeness (QED) is 0.343. The van der Waals surface area contributed by atoms with Crippen molar-refractivity contribution in [3.8, 4) is 17.6 Å². The maximum atomic E-state index is 12.6. The van der Waals surface area contributed by atoms with Crippen LogP contribution in [0.15, 0.2) is 42.5 Å². The summed E-state index contributed by atoms with van der Waals surface area (Å²) in [7, 11) is 0. The number of esters is 1. The smallest absolute Gasteiger partial charge is 0.384 e. The third kappa shape index (κ3) is 3.93. The summed E-state index contributed by atoms with van der Waals surface area (Å²) >= 11 is 0. The van der Waals surface area contributed by atoms with Crippen molar-refractivity contribution in [3.63, 3.8) is 0 Å². The Morgan fingerprint density at radius 2 is 1.83 bits per heavy atom. The Morgan fingerprint density at radius 1 is 1.03 bits per heavy atom. The number of aromatic hydroxyl groups is 1. The van der Waals surface area contributed by atoms with Gasteiger partial charge in [-0.2, -0.15) is 0 Å². The van der Waals surface area contributed by atoms with Crippen LogP contribution in [0.2, 0.25) is 0 Å². The number of carbonyl (C=O) groups is 1. The molecular weight excluding hydrogens is 448 g/mol. The molecule has 0 heterocycles. The number of hydrogen-bond donors (Lipinski definition) is 2. The van der Waals surface area contributed by atoms with Gasteiger partial charge in [-0.15, -0.1) is 0 Å². The summed E-state index contributed by atoms with van der Waals surface area (Å²) in [5, 5.41) is 21.6. The van der Waals surface area contributed by atoms with Crippen LogP contribution < -0.4 is 0 Å². The first-order valence-electron chi connectivity index (χ1n) is 13.7. The highest BCUT2D eigenvalue weighted by molar-refractivity contribution is 5.88. The molecule has 188 valence electrons. The average Bonchev–Trinajstić information content (AvgIpc) is 3.16. The van der Waals surface area contributed by atoms with Gasteiger partial charge < -0.3 is 14.9 Å². The molecule has 2 aromatic rings. The van der Waals surface area contributed by atoms with Gasteiger partial charge in [0, 0.05) is 11.3 Å². The van der Waals surface area contributed by atoms with Gasteiger partial charge in [-0.25, -0.2) is 4.79 Å². The van der Waals surface area contributed by atoms with E-state index < -0.39 is 11.6 Å². The predicted octanol–water partition coefficient (Wildman–Crippen LogP) is 5.33. The normalized spacial score (nSPS) is 34.3. The van der Waals surface area contributed by atoms with Crippen LogP contribution in [0.3, 0.4) is 0 Å². The number of ether oxygens (including phenoxy) is 1. The summed E-state index contributed by atoms with van der Waals surface area (Å²) < 4.78 is 5.56. The van der Waals surface area contributed by atoms with E-state index >= 15 is 0 Å². The fraction of sp³-hybridized carbons (Fsp3) is 0.531. The average molecular weight is 485 g/mol. The van der Waals surface area contributed by atoms with E-state index in [2.05, 4.69) is 49.1 Å². The highest BCUT2D eigenvalue weighted by Gasteiger charge is 2.61. The number of carbonyl (C=O) groups excluding carboxylic acids is 1. The number of fused-ring (bicyclic) bond motifs is 6. The van der Waals surface area contributed by atoms with Crippen molar-refractivity contribution in [2.24, 2.45) is 23.2 Å². The van der Waals surface area contributed by atoms with Gasteiger partial charge in [-0.1, -0.05) is 43.2 Å². The van der Waals surface area contributed by atoms with E-state index in [9.17, 15) is 15.0 Å². The first-order valence-corrected chi connectivity index (χ1v) is 13.7. The fourth-order valence-electron chi connectivity index (χ4n) is 8.09. The van der Waals surface area contributed by atoms with Gasteiger partial charge in [-0.3, -0.25) is 0 Å². The molecule has 2 aromatic carbocycles. The van der Waals surface area contributed by atoms with E-state index in [0.717, 1.165) is 51.4 Å². The fourth-order valence-corrected chi connectivity index (χ4v) is 8.09. The van der Waals surface area contributed by atoms with Crippen molar-refractivity contribution in [1.82, 2.24) is 0 Å². The van der Waals surface area contributed by atoms with Crippen LogP contribution in [0, 0.1) is 35.0 Å². The molecular formula is C32H36O4.